The normalized spacial score (nSPS) is 19.0. The summed E-state index contributed by atoms with van der Waals surface area (Å²) in [6.45, 7) is 6.97. The van der Waals surface area contributed by atoms with E-state index in [1.807, 2.05) is 12.1 Å². The van der Waals surface area contributed by atoms with Gasteiger partial charge < -0.3 is 10.2 Å². The largest absolute Gasteiger partial charge is 0.506 e. The van der Waals surface area contributed by atoms with Gasteiger partial charge in [0.05, 0.1) is 5.02 Å². The number of aliphatic hydroxyl groups excluding tert-OH is 1. The third-order valence-electron chi connectivity index (χ3n) is 5.20. The van der Waals surface area contributed by atoms with Gasteiger partial charge in [0, 0.05) is 45.4 Å². The van der Waals surface area contributed by atoms with Crippen LogP contribution in [-0.2, 0) is 13.1 Å². The van der Waals surface area contributed by atoms with E-state index in [0.29, 0.717) is 11.1 Å². The minimum atomic E-state index is 0.122. The van der Waals surface area contributed by atoms with Gasteiger partial charge in [-0.05, 0) is 42.2 Å². The maximum absolute atomic E-state index is 9.58. The first kappa shape index (κ1) is 19.2. The quantitative estimate of drug-likeness (QED) is 0.813. The molecule has 0 aliphatic carbocycles. The van der Waals surface area contributed by atoms with Gasteiger partial charge in [0.2, 0.25) is 0 Å². The summed E-state index contributed by atoms with van der Waals surface area (Å²) in [7, 11) is 0. The number of piperazine rings is 1. The molecule has 0 unspecified atom stereocenters. The van der Waals surface area contributed by atoms with E-state index in [1.54, 1.807) is 6.07 Å². The van der Waals surface area contributed by atoms with Crippen LogP contribution in [0.15, 0.2) is 42.5 Å². The zero-order chi connectivity index (χ0) is 18.5. The summed E-state index contributed by atoms with van der Waals surface area (Å²) in [6.07, 6.45) is 0.777. The lowest BCUT2D eigenvalue weighted by Gasteiger charge is -2.41. The van der Waals surface area contributed by atoms with E-state index in [9.17, 15) is 10.2 Å². The molecule has 26 heavy (non-hydrogen) atoms. The average molecular weight is 375 g/mol. The summed E-state index contributed by atoms with van der Waals surface area (Å²) in [5, 5.41) is 19.5. The van der Waals surface area contributed by atoms with Crippen LogP contribution in [0.1, 0.15) is 23.1 Å². The number of benzene rings is 2. The third kappa shape index (κ3) is 4.77. The van der Waals surface area contributed by atoms with Gasteiger partial charge >= 0.3 is 0 Å². The Morgan fingerprint density at radius 1 is 1.12 bits per heavy atom. The van der Waals surface area contributed by atoms with Crippen LogP contribution >= 0.6 is 11.6 Å². The van der Waals surface area contributed by atoms with Crippen LogP contribution in [0.3, 0.4) is 0 Å². The van der Waals surface area contributed by atoms with Crippen molar-refractivity contribution < 1.29 is 10.2 Å². The van der Waals surface area contributed by atoms with Crippen LogP contribution in [0.2, 0.25) is 5.02 Å². The van der Waals surface area contributed by atoms with Crippen molar-refractivity contribution in [2.45, 2.75) is 32.5 Å². The van der Waals surface area contributed by atoms with Gasteiger partial charge in [0.1, 0.15) is 5.75 Å². The maximum atomic E-state index is 9.58. The number of hydrogen-bond acceptors (Lipinski definition) is 4. The van der Waals surface area contributed by atoms with Gasteiger partial charge in [-0.1, -0.05) is 41.9 Å². The number of aromatic hydroxyl groups is 1. The summed E-state index contributed by atoms with van der Waals surface area (Å²) >= 11 is 6.03. The summed E-state index contributed by atoms with van der Waals surface area (Å²) in [5.74, 6) is 0.122. The Bertz CT molecular complexity index is 738. The first-order chi connectivity index (χ1) is 12.6. The molecule has 3 rings (SSSR count). The molecule has 5 heteroatoms. The van der Waals surface area contributed by atoms with Crippen molar-refractivity contribution in [1.29, 1.82) is 0 Å². The molecule has 2 aromatic rings. The molecule has 2 N–H and O–H groups in total. The van der Waals surface area contributed by atoms with Crippen molar-refractivity contribution in [1.82, 2.24) is 9.80 Å². The van der Waals surface area contributed by atoms with Gasteiger partial charge in [0.25, 0.3) is 0 Å². The minimum Gasteiger partial charge on any atom is -0.506 e. The summed E-state index contributed by atoms with van der Waals surface area (Å²) in [4.78, 5) is 4.89. The van der Waals surface area contributed by atoms with Gasteiger partial charge in [-0.15, -0.1) is 0 Å². The fraction of sp³-hybridized carbons (Fsp3) is 0.429. The standard InChI is InChI=1S/C21H27ClN2O2/c1-16-4-2-3-5-18(16)14-24-10-9-23(15-19(24)8-11-25)13-17-6-7-21(26)20(22)12-17/h2-7,12,19,25-26H,8-11,13-15H2,1H3/t19-/m1/s1. The second-order valence-electron chi connectivity index (χ2n) is 7.08. The minimum absolute atomic E-state index is 0.122. The Hall–Kier alpha value is -1.59. The second kappa shape index (κ2) is 8.87. The van der Waals surface area contributed by atoms with Crippen molar-refractivity contribution in [3.63, 3.8) is 0 Å². The third-order valence-corrected chi connectivity index (χ3v) is 5.51. The monoisotopic (exact) mass is 374 g/mol. The van der Waals surface area contributed by atoms with Crippen LogP contribution in [-0.4, -0.2) is 52.3 Å². The van der Waals surface area contributed by atoms with Gasteiger partial charge in [0.15, 0.2) is 0 Å². The second-order valence-corrected chi connectivity index (χ2v) is 7.49. The maximum Gasteiger partial charge on any atom is 0.134 e. The van der Waals surface area contributed by atoms with E-state index in [-0.39, 0.29) is 12.4 Å². The van der Waals surface area contributed by atoms with E-state index < -0.39 is 0 Å². The number of phenolic OH excluding ortho intramolecular Hbond substituents is 1. The van der Waals surface area contributed by atoms with E-state index >= 15 is 0 Å². The molecule has 140 valence electrons. The highest BCUT2D eigenvalue weighted by Gasteiger charge is 2.27. The molecular formula is C21H27ClN2O2. The van der Waals surface area contributed by atoms with Crippen molar-refractivity contribution in [3.8, 4) is 5.75 Å². The fourth-order valence-electron chi connectivity index (χ4n) is 3.65. The van der Waals surface area contributed by atoms with E-state index in [2.05, 4.69) is 41.0 Å². The van der Waals surface area contributed by atoms with Crippen LogP contribution < -0.4 is 0 Å². The molecule has 0 spiro atoms. The molecule has 1 atom stereocenters. The predicted molar refractivity (Wildman–Crippen MR) is 105 cm³/mol. The number of hydrogen-bond donors (Lipinski definition) is 2. The molecular weight excluding hydrogens is 348 g/mol. The topological polar surface area (TPSA) is 46.9 Å². The molecule has 0 radical (unpaired) electrons. The molecule has 1 aliphatic rings. The Morgan fingerprint density at radius 2 is 1.92 bits per heavy atom. The Morgan fingerprint density at radius 3 is 2.65 bits per heavy atom. The van der Waals surface area contributed by atoms with Gasteiger partial charge in [-0.25, -0.2) is 0 Å². The summed E-state index contributed by atoms with van der Waals surface area (Å²) < 4.78 is 0. The highest BCUT2D eigenvalue weighted by atomic mass is 35.5. The van der Waals surface area contributed by atoms with Gasteiger partial charge in [-0.3, -0.25) is 9.80 Å². The molecule has 1 heterocycles. The number of nitrogens with zero attached hydrogens (tertiary/aromatic N) is 2. The van der Waals surface area contributed by atoms with Crippen LogP contribution in [0, 0.1) is 6.92 Å². The molecule has 0 amide bonds. The first-order valence-electron chi connectivity index (χ1n) is 9.16. The Labute approximate surface area is 160 Å². The number of aryl methyl sites for hydroxylation is 1. The Balaban J connectivity index is 1.65. The Kier molecular flexibility index (Phi) is 6.54. The lowest BCUT2D eigenvalue weighted by Crippen LogP contribution is -2.52. The van der Waals surface area contributed by atoms with E-state index in [4.69, 9.17) is 11.6 Å². The molecule has 1 fully saturated rings. The number of rotatable bonds is 6. The number of halogens is 1. The molecule has 0 saturated carbocycles. The van der Waals surface area contributed by atoms with Crippen molar-refractivity contribution in [2.75, 3.05) is 26.2 Å². The fourth-order valence-corrected chi connectivity index (χ4v) is 3.85. The van der Waals surface area contributed by atoms with Crippen LogP contribution in [0.4, 0.5) is 0 Å². The highest BCUT2D eigenvalue weighted by molar-refractivity contribution is 6.32. The summed E-state index contributed by atoms with van der Waals surface area (Å²) in [6, 6.07) is 14.2. The zero-order valence-corrected chi connectivity index (χ0v) is 16.0. The van der Waals surface area contributed by atoms with E-state index in [0.717, 1.165) is 44.7 Å². The van der Waals surface area contributed by atoms with Crippen LogP contribution in [0.5, 0.6) is 5.75 Å². The first-order valence-corrected chi connectivity index (χ1v) is 9.54. The summed E-state index contributed by atoms with van der Waals surface area (Å²) in [5.41, 5.74) is 3.77. The smallest absolute Gasteiger partial charge is 0.134 e. The van der Waals surface area contributed by atoms with Crippen molar-refractivity contribution >= 4 is 11.6 Å². The lowest BCUT2D eigenvalue weighted by molar-refractivity contribution is 0.0498. The molecule has 1 aliphatic heterocycles. The molecule has 1 saturated heterocycles. The zero-order valence-electron chi connectivity index (χ0n) is 15.2. The molecule has 4 nitrogen and oxygen atoms in total. The van der Waals surface area contributed by atoms with Crippen LogP contribution in [0.25, 0.3) is 0 Å². The molecule has 0 bridgehead atoms. The number of phenols is 1. The number of aliphatic hydroxyl groups is 1. The molecule has 0 aromatic heterocycles. The van der Waals surface area contributed by atoms with Crippen molar-refractivity contribution in [3.05, 3.63) is 64.2 Å². The average Bonchev–Trinajstić information content (AvgIpc) is 2.62. The van der Waals surface area contributed by atoms with E-state index in [1.165, 1.54) is 11.1 Å². The SMILES string of the molecule is Cc1ccccc1CN1CCN(Cc2ccc(O)c(Cl)c2)C[C@H]1CCO. The van der Waals surface area contributed by atoms with Crippen molar-refractivity contribution in [2.24, 2.45) is 0 Å². The van der Waals surface area contributed by atoms with Gasteiger partial charge in [-0.2, -0.15) is 0 Å². The highest BCUT2D eigenvalue weighted by Crippen LogP contribution is 2.25. The lowest BCUT2D eigenvalue weighted by atomic mass is 10.0. The molecule has 2 aromatic carbocycles. The predicted octanol–water partition coefficient (Wildman–Crippen LogP) is 3.42.